The van der Waals surface area contributed by atoms with Crippen molar-refractivity contribution in [3.05, 3.63) is 86.6 Å². The lowest BCUT2D eigenvalue weighted by Gasteiger charge is -2.06. The number of hydrogen-bond acceptors (Lipinski definition) is 1. The largest absolute Gasteiger partial charge is 0.322 e. The summed E-state index contributed by atoms with van der Waals surface area (Å²) in [7, 11) is 0. The van der Waals surface area contributed by atoms with Crippen LogP contribution in [0.2, 0.25) is 15.1 Å². The number of aryl methyl sites for hydroxylation is 1. The van der Waals surface area contributed by atoms with Crippen LogP contribution in [0.5, 0.6) is 0 Å². The number of allylic oxidation sites excluding steroid dienone is 3. The van der Waals surface area contributed by atoms with Gasteiger partial charge in [0.1, 0.15) is 11.5 Å². The molecule has 2 aromatic rings. The van der Waals surface area contributed by atoms with E-state index >= 15 is 0 Å². The summed E-state index contributed by atoms with van der Waals surface area (Å²) in [4.78, 5) is 11.9. The smallest absolute Gasteiger partial charge is 0.248 e. The number of carbonyl (C=O) groups excluding carboxylic acids is 1. The standard InChI is InChI=1S/C21H16Cl3F2NO/c1-12-8-14(25)5-6-18(12)27-19(28)4-2-3-7-21(26)11-15(21)13-9-16(22)20(24)17(23)10-13/h2-10,15H,11H2,1H3,(H,27,28)/b4-2+,7-3+. The minimum absolute atomic E-state index is 0.248. The number of anilines is 1. The monoisotopic (exact) mass is 441 g/mol. The zero-order valence-corrected chi connectivity index (χ0v) is 17.0. The van der Waals surface area contributed by atoms with Crippen molar-refractivity contribution in [2.24, 2.45) is 0 Å². The van der Waals surface area contributed by atoms with Gasteiger partial charge in [-0.2, -0.15) is 0 Å². The van der Waals surface area contributed by atoms with Crippen LogP contribution in [0.1, 0.15) is 23.5 Å². The van der Waals surface area contributed by atoms with Gasteiger partial charge in [0.05, 0.1) is 15.1 Å². The number of carbonyl (C=O) groups is 1. The summed E-state index contributed by atoms with van der Waals surface area (Å²) in [5.74, 6) is -1.12. The van der Waals surface area contributed by atoms with E-state index in [4.69, 9.17) is 34.8 Å². The Labute approximate surface area is 176 Å². The molecule has 1 saturated carbocycles. The lowest BCUT2D eigenvalue weighted by molar-refractivity contribution is -0.111. The van der Waals surface area contributed by atoms with Gasteiger partial charge in [-0.3, -0.25) is 4.79 Å². The van der Waals surface area contributed by atoms with Crippen LogP contribution in [-0.2, 0) is 4.79 Å². The van der Waals surface area contributed by atoms with E-state index in [-0.39, 0.29) is 26.8 Å². The SMILES string of the molecule is Cc1cc(F)ccc1NC(=O)/C=C/C=C/C1(F)CC1c1cc(Cl)c(Cl)c(Cl)c1. The maximum atomic E-state index is 14.8. The molecule has 28 heavy (non-hydrogen) atoms. The van der Waals surface area contributed by atoms with Gasteiger partial charge in [-0.15, -0.1) is 0 Å². The highest BCUT2D eigenvalue weighted by atomic mass is 35.5. The number of halogens is 5. The third-order valence-electron chi connectivity index (χ3n) is 4.52. The summed E-state index contributed by atoms with van der Waals surface area (Å²) >= 11 is 17.9. The fourth-order valence-electron chi connectivity index (χ4n) is 2.91. The second-order valence-electron chi connectivity index (χ2n) is 6.65. The molecule has 2 nitrogen and oxygen atoms in total. The van der Waals surface area contributed by atoms with Crippen molar-refractivity contribution in [2.45, 2.75) is 24.9 Å². The Morgan fingerprint density at radius 1 is 1.18 bits per heavy atom. The lowest BCUT2D eigenvalue weighted by atomic mass is 10.1. The highest BCUT2D eigenvalue weighted by Gasteiger charge is 2.54. The van der Waals surface area contributed by atoms with Crippen LogP contribution < -0.4 is 5.32 Å². The minimum atomic E-state index is -1.52. The molecule has 1 aliphatic rings. The summed E-state index contributed by atoms with van der Waals surface area (Å²) < 4.78 is 27.9. The Morgan fingerprint density at radius 3 is 2.50 bits per heavy atom. The van der Waals surface area contributed by atoms with Crippen molar-refractivity contribution in [1.29, 1.82) is 0 Å². The molecule has 7 heteroatoms. The van der Waals surface area contributed by atoms with Crippen LogP contribution in [0.3, 0.4) is 0 Å². The molecule has 0 aromatic heterocycles. The van der Waals surface area contributed by atoms with E-state index in [9.17, 15) is 13.6 Å². The first-order valence-electron chi connectivity index (χ1n) is 8.46. The zero-order valence-electron chi connectivity index (χ0n) is 14.8. The van der Waals surface area contributed by atoms with E-state index in [1.165, 1.54) is 42.5 Å². The highest BCUT2D eigenvalue weighted by Crippen LogP contribution is 2.56. The third kappa shape index (κ3) is 4.75. The van der Waals surface area contributed by atoms with Crippen LogP contribution >= 0.6 is 34.8 Å². The average Bonchev–Trinajstić information content (AvgIpc) is 3.30. The molecule has 0 radical (unpaired) electrons. The van der Waals surface area contributed by atoms with E-state index in [1.807, 2.05) is 0 Å². The molecular weight excluding hydrogens is 427 g/mol. The Hall–Kier alpha value is -1.88. The first-order valence-corrected chi connectivity index (χ1v) is 9.59. The van der Waals surface area contributed by atoms with Crippen LogP contribution in [0, 0.1) is 12.7 Å². The summed E-state index contributed by atoms with van der Waals surface area (Å²) in [6.45, 7) is 1.69. The van der Waals surface area contributed by atoms with Crippen molar-refractivity contribution in [2.75, 3.05) is 5.32 Å². The molecule has 2 unspecified atom stereocenters. The van der Waals surface area contributed by atoms with Gasteiger partial charge < -0.3 is 5.32 Å². The van der Waals surface area contributed by atoms with Crippen molar-refractivity contribution < 1.29 is 13.6 Å². The van der Waals surface area contributed by atoms with Crippen LogP contribution in [-0.4, -0.2) is 11.6 Å². The van der Waals surface area contributed by atoms with Gasteiger partial charge >= 0.3 is 0 Å². The number of nitrogens with one attached hydrogen (secondary N) is 1. The van der Waals surface area contributed by atoms with Gasteiger partial charge in [0.25, 0.3) is 0 Å². The van der Waals surface area contributed by atoms with Crippen molar-refractivity contribution in [3.63, 3.8) is 0 Å². The third-order valence-corrected chi connectivity index (χ3v) is 5.72. The Bertz CT molecular complexity index is 967. The summed E-state index contributed by atoms with van der Waals surface area (Å²) in [5.41, 5.74) is 0.288. The highest BCUT2D eigenvalue weighted by molar-refractivity contribution is 6.48. The summed E-state index contributed by atoms with van der Waals surface area (Å²) in [6.07, 6.45) is 5.91. The first kappa shape index (κ1) is 20.8. The maximum Gasteiger partial charge on any atom is 0.248 e. The van der Waals surface area contributed by atoms with E-state index < -0.39 is 11.6 Å². The Kier molecular flexibility index (Phi) is 6.13. The molecule has 0 spiro atoms. The lowest BCUT2D eigenvalue weighted by Crippen LogP contribution is -2.09. The minimum Gasteiger partial charge on any atom is -0.322 e. The number of alkyl halides is 1. The van der Waals surface area contributed by atoms with Crippen LogP contribution in [0.4, 0.5) is 14.5 Å². The number of amides is 1. The topological polar surface area (TPSA) is 29.1 Å². The van der Waals surface area contributed by atoms with E-state index in [0.717, 1.165) is 0 Å². The molecule has 1 fully saturated rings. The van der Waals surface area contributed by atoms with Crippen LogP contribution in [0.15, 0.2) is 54.6 Å². The molecule has 3 rings (SSSR count). The molecule has 1 aliphatic carbocycles. The van der Waals surface area contributed by atoms with Crippen LogP contribution in [0.25, 0.3) is 0 Å². The molecule has 0 bridgehead atoms. The Morgan fingerprint density at radius 2 is 1.86 bits per heavy atom. The second-order valence-corrected chi connectivity index (χ2v) is 7.84. The summed E-state index contributed by atoms with van der Waals surface area (Å²) in [5, 5.41) is 3.46. The first-order chi connectivity index (χ1) is 13.2. The van der Waals surface area contributed by atoms with E-state index in [2.05, 4.69) is 5.32 Å². The summed E-state index contributed by atoms with van der Waals surface area (Å²) in [6, 6.07) is 7.31. The van der Waals surface area contributed by atoms with Crippen molar-refractivity contribution >= 4 is 46.4 Å². The molecule has 146 valence electrons. The number of rotatable bonds is 5. The van der Waals surface area contributed by atoms with Gasteiger partial charge in [0, 0.05) is 17.7 Å². The normalized spacial score (nSPS) is 21.4. The number of hydrogen-bond donors (Lipinski definition) is 1. The predicted molar refractivity (Wildman–Crippen MR) is 111 cm³/mol. The zero-order chi connectivity index (χ0) is 20.5. The fraction of sp³-hybridized carbons (Fsp3) is 0.190. The van der Waals surface area contributed by atoms with E-state index in [1.54, 1.807) is 19.1 Å². The molecule has 2 aromatic carbocycles. The molecular formula is C21H16Cl3F2NO. The second kappa shape index (κ2) is 8.24. The molecule has 1 amide bonds. The van der Waals surface area contributed by atoms with E-state index in [0.29, 0.717) is 23.2 Å². The molecule has 0 aliphatic heterocycles. The van der Waals surface area contributed by atoms with Gasteiger partial charge in [0.2, 0.25) is 5.91 Å². The molecule has 0 saturated heterocycles. The molecule has 1 N–H and O–H groups in total. The maximum absolute atomic E-state index is 14.8. The van der Waals surface area contributed by atoms with Gasteiger partial charge in [-0.05, 0) is 60.9 Å². The molecule has 0 heterocycles. The quantitative estimate of drug-likeness (QED) is 0.300. The van der Waals surface area contributed by atoms with Gasteiger partial charge in [-0.1, -0.05) is 47.0 Å². The average molecular weight is 443 g/mol. The Balaban J connectivity index is 1.59. The van der Waals surface area contributed by atoms with Gasteiger partial charge in [-0.25, -0.2) is 8.78 Å². The van der Waals surface area contributed by atoms with Crippen molar-refractivity contribution in [3.8, 4) is 0 Å². The number of benzene rings is 2. The fourth-order valence-corrected chi connectivity index (χ4v) is 3.52. The predicted octanol–water partition coefficient (Wildman–Crippen LogP) is 7.04. The molecule has 2 atom stereocenters. The van der Waals surface area contributed by atoms with Gasteiger partial charge in [0.15, 0.2) is 0 Å². The van der Waals surface area contributed by atoms with Crippen molar-refractivity contribution in [1.82, 2.24) is 0 Å².